The molecular weight excluding hydrogens is 310 g/mol. The molecule has 3 rings (SSSR count). The average molecular weight is 323 g/mol. The number of pyridine rings is 2. The van der Waals surface area contributed by atoms with Gasteiger partial charge in [0, 0.05) is 24.8 Å². The van der Waals surface area contributed by atoms with E-state index in [4.69, 9.17) is 0 Å². The summed E-state index contributed by atoms with van der Waals surface area (Å²) in [6.45, 7) is 0. The maximum atomic E-state index is 12.3. The normalized spacial score (nSPS) is 10.2. The van der Waals surface area contributed by atoms with Crippen LogP contribution in [0.4, 0.5) is 5.69 Å². The van der Waals surface area contributed by atoms with Crippen LogP contribution in [-0.4, -0.2) is 38.7 Å². The summed E-state index contributed by atoms with van der Waals surface area (Å²) in [6.07, 6.45) is 6.24. The fraction of sp³-hybridized carbons (Fsp3) is 0.0625. The van der Waals surface area contributed by atoms with Gasteiger partial charge in [0.25, 0.3) is 5.91 Å². The molecule has 0 bridgehead atoms. The smallest absolute Gasteiger partial charge is 0.339 e. The molecule has 0 saturated carbocycles. The van der Waals surface area contributed by atoms with Gasteiger partial charge in [-0.05, 0) is 30.3 Å². The molecule has 0 aliphatic rings. The Bertz CT molecular complexity index is 860. The molecule has 3 heterocycles. The van der Waals surface area contributed by atoms with E-state index in [0.717, 1.165) is 0 Å². The van der Waals surface area contributed by atoms with Gasteiger partial charge in [0.2, 0.25) is 0 Å². The number of aromatic nitrogens is 4. The molecule has 1 amide bonds. The minimum Gasteiger partial charge on any atom is -0.465 e. The van der Waals surface area contributed by atoms with Gasteiger partial charge in [-0.15, -0.1) is 0 Å². The van der Waals surface area contributed by atoms with Crippen molar-refractivity contribution in [2.45, 2.75) is 0 Å². The molecule has 0 saturated heterocycles. The van der Waals surface area contributed by atoms with Gasteiger partial charge in [0.1, 0.15) is 5.69 Å². The number of hydrogen-bond acceptors (Lipinski definition) is 6. The standard InChI is InChI=1S/C16H13N5O3/c1-24-16(23)11-5-6-13(18-10-11)15(22)20-12-4-2-7-17-14(12)21-9-3-8-19-21/h2-10H,1H3,(H,20,22). The molecule has 3 aromatic rings. The zero-order chi connectivity index (χ0) is 16.9. The Morgan fingerprint density at radius 2 is 2.00 bits per heavy atom. The van der Waals surface area contributed by atoms with E-state index in [-0.39, 0.29) is 11.3 Å². The van der Waals surface area contributed by atoms with Gasteiger partial charge in [-0.25, -0.2) is 14.5 Å². The third-order valence-electron chi connectivity index (χ3n) is 3.17. The topological polar surface area (TPSA) is 99.0 Å². The van der Waals surface area contributed by atoms with Gasteiger partial charge in [-0.1, -0.05) is 0 Å². The van der Waals surface area contributed by atoms with Crippen molar-refractivity contribution in [3.05, 3.63) is 66.4 Å². The van der Waals surface area contributed by atoms with Gasteiger partial charge in [0.15, 0.2) is 5.82 Å². The highest BCUT2D eigenvalue weighted by Crippen LogP contribution is 2.17. The monoisotopic (exact) mass is 323 g/mol. The van der Waals surface area contributed by atoms with Crippen LogP contribution in [0.2, 0.25) is 0 Å². The molecule has 24 heavy (non-hydrogen) atoms. The molecule has 0 spiro atoms. The Balaban J connectivity index is 1.82. The lowest BCUT2D eigenvalue weighted by Crippen LogP contribution is -2.16. The zero-order valence-electron chi connectivity index (χ0n) is 12.7. The van der Waals surface area contributed by atoms with E-state index < -0.39 is 11.9 Å². The number of rotatable bonds is 4. The lowest BCUT2D eigenvalue weighted by atomic mass is 10.2. The van der Waals surface area contributed by atoms with Crippen LogP contribution >= 0.6 is 0 Å². The van der Waals surface area contributed by atoms with Crippen molar-refractivity contribution in [1.29, 1.82) is 0 Å². The largest absolute Gasteiger partial charge is 0.465 e. The van der Waals surface area contributed by atoms with Crippen LogP contribution in [-0.2, 0) is 4.74 Å². The van der Waals surface area contributed by atoms with Crippen molar-refractivity contribution in [3.8, 4) is 5.82 Å². The first-order chi connectivity index (χ1) is 11.7. The van der Waals surface area contributed by atoms with E-state index in [1.165, 1.54) is 25.4 Å². The Hall–Kier alpha value is -3.55. The van der Waals surface area contributed by atoms with Crippen molar-refractivity contribution < 1.29 is 14.3 Å². The Kier molecular flexibility index (Phi) is 4.28. The van der Waals surface area contributed by atoms with Crippen LogP contribution in [0, 0.1) is 0 Å². The molecule has 0 radical (unpaired) electrons. The summed E-state index contributed by atoms with van der Waals surface area (Å²) in [6, 6.07) is 8.10. The number of anilines is 1. The summed E-state index contributed by atoms with van der Waals surface area (Å²) >= 11 is 0. The van der Waals surface area contributed by atoms with Crippen LogP contribution in [0.15, 0.2) is 55.1 Å². The van der Waals surface area contributed by atoms with E-state index in [9.17, 15) is 9.59 Å². The summed E-state index contributed by atoms with van der Waals surface area (Å²) in [5.74, 6) is -0.447. The van der Waals surface area contributed by atoms with Crippen molar-refractivity contribution in [3.63, 3.8) is 0 Å². The SMILES string of the molecule is COC(=O)c1ccc(C(=O)Nc2cccnc2-n2cccn2)nc1. The van der Waals surface area contributed by atoms with Crippen molar-refractivity contribution >= 4 is 17.6 Å². The molecule has 0 fully saturated rings. The summed E-state index contributed by atoms with van der Waals surface area (Å²) in [7, 11) is 1.28. The molecular formula is C16H13N5O3. The van der Waals surface area contributed by atoms with Crippen LogP contribution in [0.25, 0.3) is 5.82 Å². The van der Waals surface area contributed by atoms with Gasteiger partial charge in [0.05, 0.1) is 18.4 Å². The van der Waals surface area contributed by atoms with Crippen LogP contribution < -0.4 is 5.32 Å². The predicted octanol–water partition coefficient (Wildman–Crippen LogP) is 1.70. The molecule has 8 nitrogen and oxygen atoms in total. The highest BCUT2D eigenvalue weighted by atomic mass is 16.5. The quantitative estimate of drug-likeness (QED) is 0.734. The van der Waals surface area contributed by atoms with E-state index in [1.807, 2.05) is 0 Å². The predicted molar refractivity (Wildman–Crippen MR) is 84.9 cm³/mol. The second-order valence-corrected chi connectivity index (χ2v) is 4.70. The number of carbonyl (C=O) groups excluding carboxylic acids is 2. The summed E-state index contributed by atoms with van der Waals surface area (Å²) in [5, 5.41) is 6.84. The number of nitrogens with one attached hydrogen (secondary N) is 1. The molecule has 0 unspecified atom stereocenters. The van der Waals surface area contributed by atoms with E-state index >= 15 is 0 Å². The molecule has 0 aliphatic carbocycles. The molecule has 3 aromatic heterocycles. The number of ether oxygens (including phenoxy) is 1. The Labute approximate surface area is 137 Å². The summed E-state index contributed by atoms with van der Waals surface area (Å²) in [4.78, 5) is 31.9. The summed E-state index contributed by atoms with van der Waals surface area (Å²) in [5.41, 5.74) is 0.927. The first-order valence-corrected chi connectivity index (χ1v) is 7.00. The third kappa shape index (κ3) is 3.12. The average Bonchev–Trinajstić information content (AvgIpc) is 3.16. The first-order valence-electron chi connectivity index (χ1n) is 7.00. The number of esters is 1. The van der Waals surface area contributed by atoms with Crippen LogP contribution in [0.1, 0.15) is 20.8 Å². The minimum atomic E-state index is -0.511. The van der Waals surface area contributed by atoms with Crippen LogP contribution in [0.3, 0.4) is 0 Å². The molecule has 8 heteroatoms. The van der Waals surface area contributed by atoms with E-state index in [1.54, 1.807) is 41.5 Å². The fourth-order valence-corrected chi connectivity index (χ4v) is 2.02. The molecule has 0 aliphatic heterocycles. The number of carbonyl (C=O) groups is 2. The maximum Gasteiger partial charge on any atom is 0.339 e. The zero-order valence-corrected chi connectivity index (χ0v) is 12.7. The minimum absolute atomic E-state index is 0.165. The summed E-state index contributed by atoms with van der Waals surface area (Å²) < 4.78 is 6.14. The van der Waals surface area contributed by atoms with E-state index in [2.05, 4.69) is 25.1 Å². The number of amides is 1. The number of methoxy groups -OCH3 is 1. The number of nitrogens with zero attached hydrogens (tertiary/aromatic N) is 4. The van der Waals surface area contributed by atoms with Crippen molar-refractivity contribution in [2.24, 2.45) is 0 Å². The Morgan fingerprint density at radius 1 is 1.12 bits per heavy atom. The van der Waals surface area contributed by atoms with Crippen LogP contribution in [0.5, 0.6) is 0 Å². The molecule has 0 atom stereocenters. The van der Waals surface area contributed by atoms with Gasteiger partial charge >= 0.3 is 5.97 Å². The van der Waals surface area contributed by atoms with Gasteiger partial charge in [-0.2, -0.15) is 5.10 Å². The first kappa shape index (κ1) is 15.3. The van der Waals surface area contributed by atoms with Gasteiger partial charge in [-0.3, -0.25) is 9.78 Å². The highest BCUT2D eigenvalue weighted by Gasteiger charge is 2.13. The van der Waals surface area contributed by atoms with E-state index in [0.29, 0.717) is 11.5 Å². The molecule has 120 valence electrons. The van der Waals surface area contributed by atoms with Crippen molar-refractivity contribution in [1.82, 2.24) is 19.7 Å². The fourth-order valence-electron chi connectivity index (χ4n) is 2.02. The maximum absolute atomic E-state index is 12.3. The molecule has 1 N–H and O–H groups in total. The van der Waals surface area contributed by atoms with Crippen molar-refractivity contribution in [2.75, 3.05) is 12.4 Å². The Morgan fingerprint density at radius 3 is 2.67 bits per heavy atom. The van der Waals surface area contributed by atoms with Gasteiger partial charge < -0.3 is 10.1 Å². The lowest BCUT2D eigenvalue weighted by molar-refractivity contribution is 0.0600. The third-order valence-corrected chi connectivity index (χ3v) is 3.17. The second-order valence-electron chi connectivity index (χ2n) is 4.70. The highest BCUT2D eigenvalue weighted by molar-refractivity contribution is 6.04. The number of hydrogen-bond donors (Lipinski definition) is 1. The lowest BCUT2D eigenvalue weighted by Gasteiger charge is -2.09. The molecule has 0 aromatic carbocycles. The second kappa shape index (κ2) is 6.69.